The van der Waals surface area contributed by atoms with Gasteiger partial charge >= 0.3 is 11.2 Å². The van der Waals surface area contributed by atoms with Crippen molar-refractivity contribution in [1.82, 2.24) is 0 Å². The highest BCUT2D eigenvalue weighted by molar-refractivity contribution is 7.96. The SMILES string of the molecule is O=C(OC1C2CC3CC1CC(O)(C3)C2)C(F)(F)SOOO. The number of esters is 1. The molecule has 21 heavy (non-hydrogen) atoms. The molecule has 2 N–H and O–H groups in total. The van der Waals surface area contributed by atoms with Gasteiger partial charge in [-0.05, 0) is 49.9 Å². The van der Waals surface area contributed by atoms with Crippen LogP contribution in [0.2, 0.25) is 0 Å². The smallest absolute Gasteiger partial charge is 0.415 e. The van der Waals surface area contributed by atoms with Crippen molar-refractivity contribution in [3.05, 3.63) is 0 Å². The molecule has 4 fully saturated rings. The van der Waals surface area contributed by atoms with E-state index in [1.54, 1.807) is 0 Å². The first-order valence-electron chi connectivity index (χ1n) is 6.80. The summed E-state index contributed by atoms with van der Waals surface area (Å²) < 4.78 is 35.5. The summed E-state index contributed by atoms with van der Waals surface area (Å²) in [6, 6.07) is 0. The molecule has 0 spiro atoms. The monoisotopic (exact) mass is 326 g/mol. The lowest BCUT2D eigenvalue weighted by atomic mass is 9.53. The normalized spacial score (nSPS) is 41.3. The minimum atomic E-state index is -3.96. The highest BCUT2D eigenvalue weighted by Crippen LogP contribution is 2.56. The zero-order valence-electron chi connectivity index (χ0n) is 11.0. The van der Waals surface area contributed by atoms with E-state index in [2.05, 4.69) is 9.37 Å². The van der Waals surface area contributed by atoms with E-state index in [0.29, 0.717) is 18.8 Å². The third-order valence-electron chi connectivity index (χ3n) is 4.80. The van der Waals surface area contributed by atoms with E-state index in [4.69, 9.17) is 9.99 Å². The van der Waals surface area contributed by atoms with Crippen LogP contribution in [-0.2, 0) is 18.9 Å². The van der Waals surface area contributed by atoms with E-state index in [0.717, 1.165) is 19.3 Å². The number of hydrogen-bond donors (Lipinski definition) is 2. The van der Waals surface area contributed by atoms with Crippen LogP contribution in [0.3, 0.4) is 0 Å². The summed E-state index contributed by atoms with van der Waals surface area (Å²) in [6.45, 7) is 0. The summed E-state index contributed by atoms with van der Waals surface area (Å²) in [4.78, 5) is 11.6. The molecule has 0 aromatic carbocycles. The second-order valence-electron chi connectivity index (χ2n) is 6.31. The van der Waals surface area contributed by atoms with Crippen LogP contribution in [0.25, 0.3) is 0 Å². The van der Waals surface area contributed by atoms with Gasteiger partial charge in [-0.15, -0.1) is 4.33 Å². The maximum Gasteiger partial charge on any atom is 0.415 e. The molecule has 0 aromatic heterocycles. The van der Waals surface area contributed by atoms with Crippen molar-refractivity contribution in [2.24, 2.45) is 17.8 Å². The lowest BCUT2D eigenvalue weighted by Gasteiger charge is -2.57. The molecule has 4 bridgehead atoms. The number of carbonyl (C=O) groups is 1. The van der Waals surface area contributed by atoms with Crippen LogP contribution < -0.4 is 0 Å². The van der Waals surface area contributed by atoms with Gasteiger partial charge in [0, 0.05) is 0 Å². The maximum absolute atomic E-state index is 13.4. The number of ether oxygens (including phenoxy) is 1. The predicted molar refractivity (Wildman–Crippen MR) is 65.7 cm³/mol. The first-order chi connectivity index (χ1) is 9.83. The lowest BCUT2D eigenvalue weighted by Crippen LogP contribution is -2.58. The number of alkyl halides is 2. The summed E-state index contributed by atoms with van der Waals surface area (Å²) in [6.07, 6.45) is 2.75. The van der Waals surface area contributed by atoms with Gasteiger partial charge in [0.05, 0.1) is 5.60 Å². The van der Waals surface area contributed by atoms with E-state index >= 15 is 0 Å². The second-order valence-corrected chi connectivity index (χ2v) is 7.12. The molecule has 6 nitrogen and oxygen atoms in total. The highest BCUT2D eigenvalue weighted by Gasteiger charge is 2.57. The molecule has 4 saturated carbocycles. The van der Waals surface area contributed by atoms with Crippen molar-refractivity contribution in [1.29, 1.82) is 0 Å². The zero-order valence-corrected chi connectivity index (χ0v) is 11.9. The van der Waals surface area contributed by atoms with Crippen LogP contribution in [0.15, 0.2) is 0 Å². The molecule has 0 aromatic rings. The molecule has 0 radical (unpaired) electrons. The van der Waals surface area contributed by atoms with Crippen LogP contribution >= 0.6 is 12.0 Å². The van der Waals surface area contributed by atoms with Gasteiger partial charge in [0.1, 0.15) is 18.1 Å². The Hall–Kier alpha value is -0.480. The Bertz CT molecular complexity index is 418. The molecular weight excluding hydrogens is 310 g/mol. The number of aliphatic hydroxyl groups is 1. The Kier molecular flexibility index (Phi) is 3.90. The van der Waals surface area contributed by atoms with Gasteiger partial charge in [0.25, 0.3) is 0 Å². The summed E-state index contributed by atoms with van der Waals surface area (Å²) in [5.74, 6) is -1.46. The molecule has 120 valence electrons. The van der Waals surface area contributed by atoms with Crippen LogP contribution in [0.4, 0.5) is 8.78 Å². The summed E-state index contributed by atoms with van der Waals surface area (Å²) in [5, 5.41) is 17.3. The van der Waals surface area contributed by atoms with E-state index in [9.17, 15) is 18.7 Å². The molecule has 0 heterocycles. The van der Waals surface area contributed by atoms with Gasteiger partial charge in [0.15, 0.2) is 0 Å². The molecule has 4 aliphatic rings. The maximum atomic E-state index is 13.4. The van der Waals surface area contributed by atoms with E-state index in [1.165, 1.54) is 0 Å². The van der Waals surface area contributed by atoms with Crippen LogP contribution in [0.1, 0.15) is 32.1 Å². The van der Waals surface area contributed by atoms with Crippen molar-refractivity contribution in [3.8, 4) is 0 Å². The lowest BCUT2D eigenvalue weighted by molar-refractivity contribution is -0.433. The quantitative estimate of drug-likeness (QED) is 0.346. The third-order valence-corrected chi connectivity index (χ3v) is 5.31. The first kappa shape index (κ1) is 15.4. The molecule has 9 heteroatoms. The molecule has 4 rings (SSSR count). The van der Waals surface area contributed by atoms with Gasteiger partial charge in [-0.25, -0.2) is 10.1 Å². The minimum absolute atomic E-state index is 0.0685. The number of halogens is 2. The van der Waals surface area contributed by atoms with Crippen molar-refractivity contribution in [3.63, 3.8) is 0 Å². The average Bonchev–Trinajstić information content (AvgIpc) is 2.38. The molecule has 4 aliphatic carbocycles. The van der Waals surface area contributed by atoms with E-state index < -0.39 is 35.0 Å². The fourth-order valence-corrected chi connectivity index (χ4v) is 4.64. The molecule has 2 unspecified atom stereocenters. The predicted octanol–water partition coefficient (Wildman–Crippen LogP) is 2.13. The fourth-order valence-electron chi connectivity index (χ4n) is 4.41. The van der Waals surface area contributed by atoms with Gasteiger partial charge in [-0.2, -0.15) is 8.78 Å². The second kappa shape index (κ2) is 5.31. The standard InChI is InChI=1S/C12H16F2O6S/c13-12(14,21-20-19-17)10(15)18-9-7-1-6-2-8(9)5-11(16,3-6)4-7/h6-9,16-17H,1-5H2. The Morgan fingerprint density at radius 1 is 1.24 bits per heavy atom. The number of carbonyl (C=O) groups excluding carboxylic acids is 1. The van der Waals surface area contributed by atoms with E-state index in [1.807, 2.05) is 0 Å². The van der Waals surface area contributed by atoms with Crippen LogP contribution in [-0.4, -0.2) is 33.3 Å². The summed E-state index contributed by atoms with van der Waals surface area (Å²) >= 11 is -0.617. The molecule has 0 saturated heterocycles. The topological polar surface area (TPSA) is 85.2 Å². The van der Waals surface area contributed by atoms with Gasteiger partial charge in [-0.1, -0.05) is 5.04 Å². The third kappa shape index (κ3) is 2.89. The Morgan fingerprint density at radius 3 is 2.38 bits per heavy atom. The Balaban J connectivity index is 1.65. The zero-order chi connectivity index (χ0) is 15.3. The van der Waals surface area contributed by atoms with Crippen molar-refractivity contribution in [2.75, 3.05) is 0 Å². The number of hydrogen-bond acceptors (Lipinski definition) is 7. The largest absolute Gasteiger partial charge is 0.457 e. The van der Waals surface area contributed by atoms with E-state index in [-0.39, 0.29) is 11.8 Å². The molecular formula is C12H16F2O6S. The van der Waals surface area contributed by atoms with Crippen molar-refractivity contribution < 1.29 is 38.0 Å². The van der Waals surface area contributed by atoms with Crippen molar-refractivity contribution >= 4 is 18.0 Å². The first-order valence-corrected chi connectivity index (χ1v) is 7.54. The fraction of sp³-hybridized carbons (Fsp3) is 0.917. The Morgan fingerprint density at radius 2 is 1.86 bits per heavy atom. The van der Waals surface area contributed by atoms with Crippen LogP contribution in [0.5, 0.6) is 0 Å². The average molecular weight is 326 g/mol. The molecule has 0 aliphatic heterocycles. The van der Waals surface area contributed by atoms with Gasteiger partial charge in [-0.3, -0.25) is 0 Å². The van der Waals surface area contributed by atoms with Gasteiger partial charge < -0.3 is 9.84 Å². The van der Waals surface area contributed by atoms with Crippen LogP contribution in [0, 0.1) is 17.8 Å². The van der Waals surface area contributed by atoms with Gasteiger partial charge in [0.2, 0.25) is 0 Å². The minimum Gasteiger partial charge on any atom is -0.457 e. The molecule has 2 atom stereocenters. The highest BCUT2D eigenvalue weighted by atomic mass is 32.2. The molecule has 0 amide bonds. The number of rotatable bonds is 5. The summed E-state index contributed by atoms with van der Waals surface area (Å²) in [5.41, 5.74) is -0.718. The summed E-state index contributed by atoms with van der Waals surface area (Å²) in [7, 11) is 0. The van der Waals surface area contributed by atoms with Crippen molar-refractivity contribution in [2.45, 2.75) is 49.1 Å². The Labute approximate surface area is 123 Å².